The summed E-state index contributed by atoms with van der Waals surface area (Å²) in [5, 5.41) is 7.72. The van der Waals surface area contributed by atoms with Gasteiger partial charge in [0.2, 0.25) is 0 Å². The van der Waals surface area contributed by atoms with E-state index in [0.717, 1.165) is 39.1 Å². The number of hydrogen-bond donors (Lipinski definition) is 1. The molecule has 1 atom stereocenters. The average Bonchev–Trinajstić information content (AvgIpc) is 3.08. The third kappa shape index (κ3) is 3.22. The number of aryl methyl sites for hydroxylation is 1. The van der Waals surface area contributed by atoms with Crippen molar-refractivity contribution in [1.29, 1.82) is 0 Å². The van der Waals surface area contributed by atoms with E-state index in [2.05, 4.69) is 23.5 Å². The van der Waals surface area contributed by atoms with Crippen LogP contribution in [0.15, 0.2) is 12.4 Å². The largest absolute Gasteiger partial charge is 0.347 e. The Hall–Kier alpha value is -0.910. The van der Waals surface area contributed by atoms with Gasteiger partial charge in [0.15, 0.2) is 5.79 Å². The summed E-state index contributed by atoms with van der Waals surface area (Å²) in [6.07, 6.45) is 10.1. The average molecular weight is 279 g/mol. The number of ether oxygens (including phenoxy) is 2. The molecule has 1 saturated heterocycles. The van der Waals surface area contributed by atoms with Crippen molar-refractivity contribution in [2.24, 2.45) is 0 Å². The van der Waals surface area contributed by atoms with Crippen LogP contribution in [0.4, 0.5) is 0 Å². The molecule has 1 aliphatic heterocycles. The maximum Gasteiger partial charge on any atom is 0.168 e. The van der Waals surface area contributed by atoms with E-state index < -0.39 is 0 Å². The summed E-state index contributed by atoms with van der Waals surface area (Å²) >= 11 is 0. The molecular formula is C15H25N3O2. The summed E-state index contributed by atoms with van der Waals surface area (Å²) in [7, 11) is 0. The third-order valence-electron chi connectivity index (χ3n) is 4.24. The van der Waals surface area contributed by atoms with Gasteiger partial charge in [-0.2, -0.15) is 5.10 Å². The Morgan fingerprint density at radius 1 is 1.40 bits per heavy atom. The smallest absolute Gasteiger partial charge is 0.168 e. The molecule has 1 aromatic heterocycles. The molecule has 5 heteroatoms. The van der Waals surface area contributed by atoms with E-state index in [-0.39, 0.29) is 11.9 Å². The zero-order chi connectivity index (χ0) is 13.8. The Labute approximate surface area is 120 Å². The lowest BCUT2D eigenvalue weighted by molar-refractivity contribution is -0.186. The molecule has 0 bridgehead atoms. The van der Waals surface area contributed by atoms with E-state index >= 15 is 0 Å². The van der Waals surface area contributed by atoms with Crippen molar-refractivity contribution in [3.05, 3.63) is 18.0 Å². The molecule has 0 amide bonds. The minimum atomic E-state index is -0.252. The van der Waals surface area contributed by atoms with Crippen molar-refractivity contribution in [3.63, 3.8) is 0 Å². The number of nitrogens with one attached hydrogen (secondary N) is 1. The second-order valence-electron chi connectivity index (χ2n) is 5.86. The van der Waals surface area contributed by atoms with Gasteiger partial charge in [0.05, 0.1) is 18.9 Å². The van der Waals surface area contributed by atoms with E-state index in [1.165, 1.54) is 24.8 Å². The molecule has 2 fully saturated rings. The van der Waals surface area contributed by atoms with Crippen molar-refractivity contribution < 1.29 is 9.47 Å². The fourth-order valence-corrected chi connectivity index (χ4v) is 3.12. The van der Waals surface area contributed by atoms with Crippen molar-refractivity contribution in [1.82, 2.24) is 15.1 Å². The monoisotopic (exact) mass is 279 g/mol. The van der Waals surface area contributed by atoms with E-state index in [0.29, 0.717) is 0 Å². The predicted octanol–water partition coefficient (Wildman–Crippen LogP) is 2.07. The quantitative estimate of drug-likeness (QED) is 0.896. The van der Waals surface area contributed by atoms with Gasteiger partial charge < -0.3 is 14.8 Å². The molecule has 1 saturated carbocycles. The molecule has 0 radical (unpaired) electrons. The third-order valence-corrected chi connectivity index (χ3v) is 4.24. The minimum absolute atomic E-state index is 0.189. The van der Waals surface area contributed by atoms with Crippen LogP contribution >= 0.6 is 0 Å². The first-order valence-electron chi connectivity index (χ1n) is 7.83. The Bertz CT molecular complexity index is 427. The lowest BCUT2D eigenvalue weighted by Gasteiger charge is -2.31. The number of aromatic nitrogens is 2. The van der Waals surface area contributed by atoms with Crippen LogP contribution in [0, 0.1) is 0 Å². The Balaban J connectivity index is 1.41. The van der Waals surface area contributed by atoms with Gasteiger partial charge in [-0.15, -0.1) is 0 Å². The van der Waals surface area contributed by atoms with Gasteiger partial charge >= 0.3 is 0 Å². The summed E-state index contributed by atoms with van der Waals surface area (Å²) in [5.74, 6) is -0.252. The number of nitrogens with zero attached hydrogens (tertiary/aromatic N) is 2. The molecule has 0 aromatic carbocycles. The van der Waals surface area contributed by atoms with Gasteiger partial charge in [-0.05, 0) is 19.8 Å². The number of rotatable bonds is 5. The molecule has 20 heavy (non-hydrogen) atoms. The van der Waals surface area contributed by atoms with E-state index in [4.69, 9.17) is 9.47 Å². The van der Waals surface area contributed by atoms with Crippen LogP contribution in [0.3, 0.4) is 0 Å². The van der Waals surface area contributed by atoms with Crippen LogP contribution in [0.5, 0.6) is 0 Å². The highest BCUT2D eigenvalue weighted by Gasteiger charge is 2.41. The van der Waals surface area contributed by atoms with Crippen molar-refractivity contribution in [2.75, 3.05) is 13.2 Å². The molecule has 2 heterocycles. The Morgan fingerprint density at radius 2 is 2.25 bits per heavy atom. The summed E-state index contributed by atoms with van der Waals surface area (Å²) < 4.78 is 14.0. The molecule has 2 aliphatic rings. The molecule has 1 N–H and O–H groups in total. The molecule has 1 spiro atoms. The Morgan fingerprint density at radius 3 is 3.00 bits per heavy atom. The summed E-state index contributed by atoms with van der Waals surface area (Å²) in [5.41, 5.74) is 1.22. The number of hydrogen-bond acceptors (Lipinski definition) is 4. The first kappa shape index (κ1) is 14.0. The first-order chi connectivity index (χ1) is 9.80. The fourth-order valence-electron chi connectivity index (χ4n) is 3.12. The van der Waals surface area contributed by atoms with E-state index in [1.54, 1.807) is 0 Å². The van der Waals surface area contributed by atoms with Crippen molar-refractivity contribution >= 4 is 0 Å². The van der Waals surface area contributed by atoms with Gasteiger partial charge in [-0.25, -0.2) is 0 Å². The Kier molecular flexibility index (Phi) is 4.38. The maximum atomic E-state index is 6.15. The molecule has 0 unspecified atom stereocenters. The lowest BCUT2D eigenvalue weighted by atomic mass is 9.94. The highest BCUT2D eigenvalue weighted by molar-refractivity contribution is 5.03. The predicted molar refractivity (Wildman–Crippen MR) is 76.2 cm³/mol. The molecular weight excluding hydrogens is 254 g/mol. The lowest BCUT2D eigenvalue weighted by Crippen LogP contribution is -2.35. The van der Waals surface area contributed by atoms with Crippen LogP contribution in [0.2, 0.25) is 0 Å². The molecule has 112 valence electrons. The van der Waals surface area contributed by atoms with Gasteiger partial charge in [0.25, 0.3) is 0 Å². The topological polar surface area (TPSA) is 48.3 Å². The highest BCUT2D eigenvalue weighted by atomic mass is 16.7. The SMILES string of the molecule is CCn1cc(CNC[C@@H]2COC3(CCCCC3)O2)cn1. The highest BCUT2D eigenvalue weighted by Crippen LogP contribution is 2.37. The van der Waals surface area contributed by atoms with Crippen LogP contribution in [-0.2, 0) is 22.6 Å². The standard InChI is InChI=1S/C15H25N3O2/c1-2-18-11-13(9-17-18)8-16-10-14-12-19-15(20-14)6-4-3-5-7-15/h9,11,14,16H,2-8,10,12H2,1H3/t14-/m1/s1. The van der Waals surface area contributed by atoms with Crippen LogP contribution in [0.25, 0.3) is 0 Å². The van der Waals surface area contributed by atoms with Crippen molar-refractivity contribution in [2.45, 2.75) is 64.0 Å². The molecule has 5 nitrogen and oxygen atoms in total. The fraction of sp³-hybridized carbons (Fsp3) is 0.800. The normalized spacial score (nSPS) is 25.4. The second-order valence-corrected chi connectivity index (χ2v) is 5.86. The van der Waals surface area contributed by atoms with Gasteiger partial charge in [-0.3, -0.25) is 4.68 Å². The van der Waals surface area contributed by atoms with Gasteiger partial charge in [-0.1, -0.05) is 6.42 Å². The summed E-state index contributed by atoms with van der Waals surface area (Å²) in [6, 6.07) is 0. The van der Waals surface area contributed by atoms with E-state index in [9.17, 15) is 0 Å². The minimum Gasteiger partial charge on any atom is -0.347 e. The second kappa shape index (κ2) is 6.24. The molecule has 3 rings (SSSR count). The van der Waals surface area contributed by atoms with Crippen molar-refractivity contribution in [3.8, 4) is 0 Å². The zero-order valence-corrected chi connectivity index (χ0v) is 12.3. The van der Waals surface area contributed by atoms with Gasteiger partial charge in [0.1, 0.15) is 0 Å². The maximum absolute atomic E-state index is 6.15. The van der Waals surface area contributed by atoms with Crippen LogP contribution < -0.4 is 5.32 Å². The van der Waals surface area contributed by atoms with Gasteiger partial charge in [0, 0.05) is 44.2 Å². The first-order valence-corrected chi connectivity index (χ1v) is 7.83. The van der Waals surface area contributed by atoms with E-state index in [1.807, 2.05) is 10.9 Å². The van der Waals surface area contributed by atoms with Crippen LogP contribution in [0.1, 0.15) is 44.6 Å². The molecule has 1 aromatic rings. The zero-order valence-electron chi connectivity index (χ0n) is 12.3. The molecule has 1 aliphatic carbocycles. The summed E-state index contributed by atoms with van der Waals surface area (Å²) in [6.45, 7) is 5.42. The van der Waals surface area contributed by atoms with Crippen LogP contribution in [-0.4, -0.2) is 34.8 Å². The summed E-state index contributed by atoms with van der Waals surface area (Å²) in [4.78, 5) is 0.